The maximum atomic E-state index is 8.77. The van der Waals surface area contributed by atoms with E-state index in [1.807, 2.05) is 12.1 Å². The summed E-state index contributed by atoms with van der Waals surface area (Å²) in [6.45, 7) is 1.85. The van der Waals surface area contributed by atoms with E-state index in [1.54, 1.807) is 12.1 Å². The van der Waals surface area contributed by atoms with E-state index in [4.69, 9.17) is 9.68 Å². The van der Waals surface area contributed by atoms with Crippen LogP contribution in [0.5, 0.6) is 0 Å². The first-order valence-electron chi connectivity index (χ1n) is 5.94. The van der Waals surface area contributed by atoms with Crippen molar-refractivity contribution < 1.29 is 4.42 Å². The van der Waals surface area contributed by atoms with Gasteiger partial charge in [0.25, 0.3) is 0 Å². The van der Waals surface area contributed by atoms with Gasteiger partial charge in [0.05, 0.1) is 17.3 Å². The summed E-state index contributed by atoms with van der Waals surface area (Å²) in [6.07, 6.45) is 0.912. The zero-order valence-electron chi connectivity index (χ0n) is 10.2. The highest BCUT2D eigenvalue weighted by atomic mass is 16.4. The number of fused-ring (bicyclic) bond motifs is 1. The number of aromatic nitrogens is 1. The van der Waals surface area contributed by atoms with Crippen LogP contribution in [0.4, 0.5) is 0 Å². The molecule has 0 bridgehead atoms. The van der Waals surface area contributed by atoms with Crippen molar-refractivity contribution in [2.45, 2.75) is 13.0 Å². The van der Waals surface area contributed by atoms with Crippen LogP contribution < -0.4 is 0 Å². The van der Waals surface area contributed by atoms with Gasteiger partial charge in [-0.1, -0.05) is 0 Å². The molecule has 1 aliphatic rings. The topological polar surface area (TPSA) is 53.1 Å². The summed E-state index contributed by atoms with van der Waals surface area (Å²) in [7, 11) is 2.08. The number of benzene rings is 1. The van der Waals surface area contributed by atoms with Gasteiger partial charge in [-0.25, -0.2) is 4.98 Å². The van der Waals surface area contributed by atoms with Crippen molar-refractivity contribution in [2.24, 2.45) is 0 Å². The fraction of sp³-hybridized carbons (Fsp3) is 0.286. The normalized spacial score (nSPS) is 15.1. The highest BCUT2D eigenvalue weighted by Crippen LogP contribution is 2.25. The van der Waals surface area contributed by atoms with Crippen molar-refractivity contribution in [3.8, 4) is 17.5 Å². The monoisotopic (exact) mass is 239 g/mol. The molecule has 3 rings (SSSR count). The molecule has 90 valence electrons. The predicted molar refractivity (Wildman–Crippen MR) is 66.7 cm³/mol. The quantitative estimate of drug-likeness (QED) is 0.765. The van der Waals surface area contributed by atoms with Crippen LogP contribution in [0, 0.1) is 11.3 Å². The van der Waals surface area contributed by atoms with E-state index in [-0.39, 0.29) is 0 Å². The van der Waals surface area contributed by atoms with Gasteiger partial charge in [-0.05, 0) is 31.3 Å². The summed E-state index contributed by atoms with van der Waals surface area (Å²) < 4.78 is 5.79. The number of hydrogen-bond donors (Lipinski definition) is 0. The SMILES string of the molecule is CN1CCc2oc(-c3ccc(C#N)cc3)nc2C1. The molecule has 2 heterocycles. The molecule has 0 aliphatic carbocycles. The van der Waals surface area contributed by atoms with Gasteiger partial charge in [0.15, 0.2) is 0 Å². The lowest BCUT2D eigenvalue weighted by Crippen LogP contribution is -2.25. The minimum atomic E-state index is 0.648. The second-order valence-electron chi connectivity index (χ2n) is 4.57. The van der Waals surface area contributed by atoms with Crippen molar-refractivity contribution in [1.29, 1.82) is 5.26 Å². The third kappa shape index (κ3) is 1.89. The van der Waals surface area contributed by atoms with Crippen molar-refractivity contribution in [2.75, 3.05) is 13.6 Å². The lowest BCUT2D eigenvalue weighted by atomic mass is 10.1. The largest absolute Gasteiger partial charge is 0.441 e. The van der Waals surface area contributed by atoms with E-state index in [0.717, 1.165) is 36.5 Å². The van der Waals surface area contributed by atoms with Gasteiger partial charge in [-0.2, -0.15) is 5.26 Å². The summed E-state index contributed by atoms with van der Waals surface area (Å²) in [6, 6.07) is 9.42. The molecule has 0 amide bonds. The Balaban J connectivity index is 1.95. The molecule has 1 aromatic heterocycles. The lowest BCUT2D eigenvalue weighted by Gasteiger charge is -2.19. The molecule has 0 fully saturated rings. The first-order valence-corrected chi connectivity index (χ1v) is 5.94. The van der Waals surface area contributed by atoms with E-state index >= 15 is 0 Å². The molecule has 4 heteroatoms. The van der Waals surface area contributed by atoms with E-state index in [1.165, 1.54) is 0 Å². The Morgan fingerprint density at radius 2 is 2.11 bits per heavy atom. The van der Waals surface area contributed by atoms with E-state index in [0.29, 0.717) is 11.5 Å². The van der Waals surface area contributed by atoms with Gasteiger partial charge in [0, 0.05) is 25.1 Å². The zero-order valence-corrected chi connectivity index (χ0v) is 10.2. The van der Waals surface area contributed by atoms with Gasteiger partial charge in [0.2, 0.25) is 5.89 Å². The molecule has 0 radical (unpaired) electrons. The minimum Gasteiger partial charge on any atom is -0.441 e. The summed E-state index contributed by atoms with van der Waals surface area (Å²) in [5, 5.41) is 8.77. The Labute approximate surface area is 105 Å². The zero-order chi connectivity index (χ0) is 12.5. The van der Waals surface area contributed by atoms with Crippen LogP contribution >= 0.6 is 0 Å². The first kappa shape index (κ1) is 11.0. The summed E-state index contributed by atoms with van der Waals surface area (Å²) in [5.41, 5.74) is 2.60. The van der Waals surface area contributed by atoms with E-state index < -0.39 is 0 Å². The number of likely N-dealkylation sites (N-methyl/N-ethyl adjacent to an activating group) is 1. The van der Waals surface area contributed by atoms with Crippen molar-refractivity contribution in [3.63, 3.8) is 0 Å². The fourth-order valence-electron chi connectivity index (χ4n) is 2.14. The summed E-state index contributed by atoms with van der Waals surface area (Å²) in [5.74, 6) is 1.65. The van der Waals surface area contributed by atoms with Crippen molar-refractivity contribution >= 4 is 0 Å². The van der Waals surface area contributed by atoms with Gasteiger partial charge in [-0.3, -0.25) is 4.90 Å². The van der Waals surface area contributed by atoms with Crippen LogP contribution in [0.3, 0.4) is 0 Å². The molecular weight excluding hydrogens is 226 g/mol. The predicted octanol–water partition coefficient (Wildman–Crippen LogP) is 2.20. The Morgan fingerprint density at radius 1 is 1.33 bits per heavy atom. The molecule has 0 saturated heterocycles. The lowest BCUT2D eigenvalue weighted by molar-refractivity contribution is 0.292. The van der Waals surface area contributed by atoms with Crippen LogP contribution in [0.25, 0.3) is 11.5 Å². The Hall–Kier alpha value is -2.12. The van der Waals surface area contributed by atoms with Crippen LogP contribution in [0.1, 0.15) is 17.0 Å². The Kier molecular flexibility index (Phi) is 2.62. The highest BCUT2D eigenvalue weighted by Gasteiger charge is 2.20. The number of rotatable bonds is 1. The van der Waals surface area contributed by atoms with Gasteiger partial charge in [0.1, 0.15) is 5.76 Å². The van der Waals surface area contributed by atoms with Crippen LogP contribution in [-0.2, 0) is 13.0 Å². The number of nitrogens with zero attached hydrogens (tertiary/aromatic N) is 3. The highest BCUT2D eigenvalue weighted by molar-refractivity contribution is 5.55. The third-order valence-electron chi connectivity index (χ3n) is 3.18. The maximum Gasteiger partial charge on any atom is 0.226 e. The first-order chi connectivity index (χ1) is 8.76. The van der Waals surface area contributed by atoms with Crippen LogP contribution in [0.15, 0.2) is 28.7 Å². The molecule has 0 saturated carbocycles. The molecule has 0 atom stereocenters. The molecule has 18 heavy (non-hydrogen) atoms. The molecule has 1 aromatic carbocycles. The average Bonchev–Trinajstić information content (AvgIpc) is 2.81. The number of hydrogen-bond acceptors (Lipinski definition) is 4. The minimum absolute atomic E-state index is 0.648. The van der Waals surface area contributed by atoms with Crippen LogP contribution in [-0.4, -0.2) is 23.5 Å². The Bertz CT molecular complexity index is 607. The summed E-state index contributed by atoms with van der Waals surface area (Å²) in [4.78, 5) is 6.77. The number of nitriles is 1. The fourth-order valence-corrected chi connectivity index (χ4v) is 2.14. The third-order valence-corrected chi connectivity index (χ3v) is 3.18. The molecular formula is C14H13N3O. The second-order valence-corrected chi connectivity index (χ2v) is 4.57. The van der Waals surface area contributed by atoms with Crippen molar-refractivity contribution in [3.05, 3.63) is 41.3 Å². The van der Waals surface area contributed by atoms with E-state index in [2.05, 4.69) is 23.0 Å². The van der Waals surface area contributed by atoms with Gasteiger partial charge < -0.3 is 4.42 Å². The smallest absolute Gasteiger partial charge is 0.226 e. The Morgan fingerprint density at radius 3 is 2.83 bits per heavy atom. The van der Waals surface area contributed by atoms with Gasteiger partial charge in [-0.15, -0.1) is 0 Å². The number of oxazole rings is 1. The van der Waals surface area contributed by atoms with Gasteiger partial charge >= 0.3 is 0 Å². The molecule has 0 N–H and O–H groups in total. The van der Waals surface area contributed by atoms with Crippen molar-refractivity contribution in [1.82, 2.24) is 9.88 Å². The van der Waals surface area contributed by atoms with Crippen LogP contribution in [0.2, 0.25) is 0 Å². The maximum absolute atomic E-state index is 8.77. The molecule has 0 unspecified atom stereocenters. The second kappa shape index (κ2) is 4.28. The molecule has 4 nitrogen and oxygen atoms in total. The molecule has 1 aliphatic heterocycles. The molecule has 0 spiro atoms. The molecule has 2 aromatic rings. The van der Waals surface area contributed by atoms with E-state index in [9.17, 15) is 0 Å². The average molecular weight is 239 g/mol. The standard InChI is InChI=1S/C14H13N3O/c1-17-7-6-13-12(9-17)16-14(18-13)11-4-2-10(8-15)3-5-11/h2-5H,6-7,9H2,1H3. The summed E-state index contributed by atoms with van der Waals surface area (Å²) >= 11 is 0.